The van der Waals surface area contributed by atoms with E-state index in [1.807, 2.05) is 6.92 Å². The minimum absolute atomic E-state index is 0.210. The largest absolute Gasteiger partial charge is 0.365 e. The van der Waals surface area contributed by atoms with Crippen LogP contribution >= 0.6 is 11.3 Å². The molecule has 150 valence electrons. The molecule has 2 amide bonds. The number of hydrogen-bond acceptors (Lipinski definition) is 4. The molecular weight excluding hydrogens is 398 g/mol. The van der Waals surface area contributed by atoms with E-state index in [0.29, 0.717) is 23.5 Å². The average molecular weight is 416 g/mol. The molecule has 2 aromatic heterocycles. The molecule has 3 aromatic rings. The number of fused-ring (bicyclic) bond motifs is 1. The predicted octanol–water partition coefficient (Wildman–Crippen LogP) is 3.67. The van der Waals surface area contributed by atoms with Crippen LogP contribution in [-0.2, 0) is 12.8 Å². The summed E-state index contributed by atoms with van der Waals surface area (Å²) >= 11 is 1.27. The topological polar surface area (TPSA) is 90.0 Å². The van der Waals surface area contributed by atoms with E-state index in [2.05, 4.69) is 10.4 Å². The molecule has 0 spiro atoms. The maximum absolute atomic E-state index is 13.7. The zero-order valence-corrected chi connectivity index (χ0v) is 16.6. The SMILES string of the molecule is Cc1sc(NC(=O)c2nn(-c3ccc(F)c(F)c3)c3c2CCC3)c(C(N)=O)c1C. The number of aryl methyl sites for hydroxylation is 1. The molecule has 9 heteroatoms. The molecule has 0 atom stereocenters. The third-order valence-electron chi connectivity index (χ3n) is 5.15. The number of anilines is 1. The normalized spacial score (nSPS) is 12.8. The van der Waals surface area contributed by atoms with Gasteiger partial charge in [-0.05, 0) is 50.8 Å². The van der Waals surface area contributed by atoms with Gasteiger partial charge in [0.2, 0.25) is 0 Å². The third kappa shape index (κ3) is 3.21. The predicted molar refractivity (Wildman–Crippen MR) is 106 cm³/mol. The molecular formula is C20H18F2N4O2S. The number of nitrogens with zero attached hydrogens (tertiary/aromatic N) is 2. The number of primary amides is 1. The molecule has 0 fully saturated rings. The van der Waals surface area contributed by atoms with E-state index < -0.39 is 23.4 Å². The number of hydrogen-bond donors (Lipinski definition) is 2. The summed E-state index contributed by atoms with van der Waals surface area (Å²) in [5.41, 5.74) is 8.63. The van der Waals surface area contributed by atoms with Gasteiger partial charge in [-0.3, -0.25) is 9.59 Å². The Bertz CT molecular complexity index is 1170. The van der Waals surface area contributed by atoms with E-state index in [0.717, 1.165) is 40.3 Å². The van der Waals surface area contributed by atoms with Crippen LogP contribution in [0.2, 0.25) is 0 Å². The van der Waals surface area contributed by atoms with Crippen LogP contribution in [0.5, 0.6) is 0 Å². The van der Waals surface area contributed by atoms with Crippen molar-refractivity contribution in [3.05, 3.63) is 62.8 Å². The summed E-state index contributed by atoms with van der Waals surface area (Å²) in [5.74, 6) is -3.00. The maximum Gasteiger partial charge on any atom is 0.277 e. The summed E-state index contributed by atoms with van der Waals surface area (Å²) in [6, 6.07) is 3.51. The second-order valence-corrected chi connectivity index (χ2v) is 8.17. The summed E-state index contributed by atoms with van der Waals surface area (Å²) in [4.78, 5) is 25.7. The first-order valence-corrected chi connectivity index (χ1v) is 9.87. The second-order valence-electron chi connectivity index (χ2n) is 6.94. The lowest BCUT2D eigenvalue weighted by Gasteiger charge is -2.06. The fourth-order valence-corrected chi connectivity index (χ4v) is 4.68. The monoisotopic (exact) mass is 416 g/mol. The van der Waals surface area contributed by atoms with Crippen molar-refractivity contribution < 1.29 is 18.4 Å². The fourth-order valence-electron chi connectivity index (χ4n) is 3.62. The van der Waals surface area contributed by atoms with Crippen LogP contribution in [0.4, 0.5) is 13.8 Å². The van der Waals surface area contributed by atoms with Crippen molar-refractivity contribution in [2.45, 2.75) is 33.1 Å². The molecule has 1 aliphatic rings. The molecule has 6 nitrogen and oxygen atoms in total. The van der Waals surface area contributed by atoms with E-state index in [9.17, 15) is 18.4 Å². The van der Waals surface area contributed by atoms with Gasteiger partial charge in [0, 0.05) is 22.2 Å². The zero-order valence-electron chi connectivity index (χ0n) is 15.8. The average Bonchev–Trinajstić information content (AvgIpc) is 3.32. The van der Waals surface area contributed by atoms with Crippen molar-refractivity contribution in [1.29, 1.82) is 0 Å². The van der Waals surface area contributed by atoms with Crippen LogP contribution < -0.4 is 11.1 Å². The number of carbonyl (C=O) groups excluding carboxylic acids is 2. The first kappa shape index (κ1) is 19.3. The van der Waals surface area contributed by atoms with E-state index >= 15 is 0 Å². The van der Waals surface area contributed by atoms with Gasteiger partial charge < -0.3 is 11.1 Å². The Balaban J connectivity index is 1.73. The lowest BCUT2D eigenvalue weighted by atomic mass is 10.1. The van der Waals surface area contributed by atoms with Crippen LogP contribution in [-0.4, -0.2) is 21.6 Å². The van der Waals surface area contributed by atoms with Crippen molar-refractivity contribution in [3.8, 4) is 5.69 Å². The lowest BCUT2D eigenvalue weighted by Crippen LogP contribution is -2.18. The number of halogens is 2. The van der Waals surface area contributed by atoms with Crippen molar-refractivity contribution in [2.24, 2.45) is 5.73 Å². The molecule has 0 saturated carbocycles. The molecule has 0 aliphatic heterocycles. The molecule has 1 aromatic carbocycles. The number of benzene rings is 1. The number of thiophene rings is 1. The standard InChI is InChI=1S/C20H18F2N4O2S/c1-9-10(2)29-20(16(9)18(23)27)24-19(28)17-12-4-3-5-15(12)26(25-17)11-6-7-13(21)14(22)8-11/h6-8H,3-5H2,1-2H3,(H2,23,27)(H,24,28). The molecule has 1 aliphatic carbocycles. The first-order chi connectivity index (χ1) is 13.8. The molecule has 4 rings (SSSR count). The minimum atomic E-state index is -0.980. The molecule has 0 unspecified atom stereocenters. The van der Waals surface area contributed by atoms with E-state index in [1.54, 1.807) is 6.92 Å². The Morgan fingerprint density at radius 2 is 1.97 bits per heavy atom. The highest BCUT2D eigenvalue weighted by Gasteiger charge is 2.28. The number of nitrogens with one attached hydrogen (secondary N) is 1. The minimum Gasteiger partial charge on any atom is -0.365 e. The van der Waals surface area contributed by atoms with Crippen molar-refractivity contribution in [2.75, 3.05) is 5.32 Å². The van der Waals surface area contributed by atoms with Gasteiger partial charge in [-0.15, -0.1) is 11.3 Å². The van der Waals surface area contributed by atoms with Crippen LogP contribution in [0.1, 0.15) is 49.0 Å². The summed E-state index contributed by atoms with van der Waals surface area (Å²) < 4.78 is 28.5. The number of aromatic nitrogens is 2. The van der Waals surface area contributed by atoms with Gasteiger partial charge in [0.05, 0.1) is 11.3 Å². The van der Waals surface area contributed by atoms with E-state index in [4.69, 9.17) is 5.73 Å². The Morgan fingerprint density at radius 1 is 1.21 bits per heavy atom. The van der Waals surface area contributed by atoms with E-state index in [-0.39, 0.29) is 11.3 Å². The maximum atomic E-state index is 13.7. The number of nitrogens with two attached hydrogens (primary N) is 1. The van der Waals surface area contributed by atoms with Gasteiger partial charge in [0.1, 0.15) is 5.00 Å². The van der Waals surface area contributed by atoms with Gasteiger partial charge in [-0.25, -0.2) is 13.5 Å². The van der Waals surface area contributed by atoms with Crippen molar-refractivity contribution >= 4 is 28.2 Å². The molecule has 29 heavy (non-hydrogen) atoms. The lowest BCUT2D eigenvalue weighted by molar-refractivity contribution is 0.100. The summed E-state index contributed by atoms with van der Waals surface area (Å²) in [5, 5.41) is 7.51. The molecule has 0 bridgehead atoms. The van der Waals surface area contributed by atoms with Gasteiger partial charge in [0.15, 0.2) is 17.3 Å². The van der Waals surface area contributed by atoms with Gasteiger partial charge in [0.25, 0.3) is 11.8 Å². The Kier molecular flexibility index (Phi) is 4.70. The second kappa shape index (κ2) is 7.07. The molecule has 2 heterocycles. The Hall–Kier alpha value is -3.07. The van der Waals surface area contributed by atoms with Crippen molar-refractivity contribution in [3.63, 3.8) is 0 Å². The van der Waals surface area contributed by atoms with Crippen molar-refractivity contribution in [1.82, 2.24) is 9.78 Å². The van der Waals surface area contributed by atoms with Crippen LogP contribution in [0.3, 0.4) is 0 Å². The number of carbonyl (C=O) groups is 2. The third-order valence-corrected chi connectivity index (χ3v) is 6.27. The fraction of sp³-hybridized carbons (Fsp3) is 0.250. The summed E-state index contributed by atoms with van der Waals surface area (Å²) in [6.07, 6.45) is 2.17. The highest BCUT2D eigenvalue weighted by Crippen LogP contribution is 2.34. The number of rotatable bonds is 4. The zero-order chi connectivity index (χ0) is 20.9. The number of amides is 2. The molecule has 0 saturated heterocycles. The highest BCUT2D eigenvalue weighted by atomic mass is 32.1. The van der Waals surface area contributed by atoms with Crippen LogP contribution in [0, 0.1) is 25.5 Å². The van der Waals surface area contributed by atoms with Crippen LogP contribution in [0.15, 0.2) is 18.2 Å². The van der Waals surface area contributed by atoms with Gasteiger partial charge >= 0.3 is 0 Å². The van der Waals surface area contributed by atoms with Gasteiger partial charge in [-0.2, -0.15) is 5.10 Å². The Labute approximate surface area is 169 Å². The van der Waals surface area contributed by atoms with Gasteiger partial charge in [-0.1, -0.05) is 0 Å². The summed E-state index contributed by atoms with van der Waals surface area (Å²) in [6.45, 7) is 3.62. The molecule has 3 N–H and O–H groups in total. The van der Waals surface area contributed by atoms with Crippen LogP contribution in [0.25, 0.3) is 5.69 Å². The quantitative estimate of drug-likeness (QED) is 0.680. The molecule has 0 radical (unpaired) electrons. The smallest absolute Gasteiger partial charge is 0.277 e. The highest BCUT2D eigenvalue weighted by molar-refractivity contribution is 7.16. The first-order valence-electron chi connectivity index (χ1n) is 9.05. The Morgan fingerprint density at radius 3 is 2.66 bits per heavy atom. The summed E-state index contributed by atoms with van der Waals surface area (Å²) in [7, 11) is 0. The van der Waals surface area contributed by atoms with E-state index in [1.165, 1.54) is 22.1 Å².